The summed E-state index contributed by atoms with van der Waals surface area (Å²) < 4.78 is 9.22. The molecule has 1 heterocycles. The van der Waals surface area contributed by atoms with Gasteiger partial charge in [0.15, 0.2) is 6.73 Å². The zero-order chi connectivity index (χ0) is 11.4. The van der Waals surface area contributed by atoms with Gasteiger partial charge in [0, 0.05) is 7.11 Å². The molecule has 0 saturated heterocycles. The fraction of sp³-hybridized carbons (Fsp3) is 0.308. The summed E-state index contributed by atoms with van der Waals surface area (Å²) in [6, 6.07) is 8.57. The highest BCUT2D eigenvalue weighted by molar-refractivity contribution is 5.21. The number of imidazole rings is 1. The predicted octanol–water partition coefficient (Wildman–Crippen LogP) is 1.74. The molecule has 84 valence electrons. The van der Waals surface area contributed by atoms with E-state index >= 15 is 0 Å². The lowest BCUT2D eigenvalue weighted by molar-refractivity contribution is -0.688. The summed E-state index contributed by atoms with van der Waals surface area (Å²) in [5.41, 5.74) is 2.62. The molecule has 1 aromatic heterocycles. The molecule has 3 heteroatoms. The molecular formula is C13H17N2O+. The van der Waals surface area contributed by atoms with Crippen molar-refractivity contribution in [2.75, 3.05) is 7.11 Å². The van der Waals surface area contributed by atoms with E-state index in [4.69, 9.17) is 4.74 Å². The van der Waals surface area contributed by atoms with Crippen molar-refractivity contribution in [1.82, 2.24) is 4.57 Å². The van der Waals surface area contributed by atoms with Gasteiger partial charge in [-0.2, -0.15) is 0 Å². The van der Waals surface area contributed by atoms with Crippen molar-refractivity contribution in [2.24, 2.45) is 0 Å². The van der Waals surface area contributed by atoms with Crippen LogP contribution in [0.4, 0.5) is 0 Å². The largest absolute Gasteiger partial charge is 0.345 e. The van der Waals surface area contributed by atoms with Gasteiger partial charge in [-0.3, -0.25) is 0 Å². The fourth-order valence-electron chi connectivity index (χ4n) is 1.78. The topological polar surface area (TPSA) is 18.0 Å². The Kier molecular flexibility index (Phi) is 3.37. The summed E-state index contributed by atoms with van der Waals surface area (Å²) in [5.74, 6) is 0. The third kappa shape index (κ3) is 2.70. The number of hydrogen-bond donors (Lipinski definition) is 0. The first-order valence-electron chi connectivity index (χ1n) is 5.37. The maximum absolute atomic E-state index is 5.06. The highest BCUT2D eigenvalue weighted by Gasteiger charge is 2.03. The molecule has 0 aliphatic heterocycles. The molecule has 0 radical (unpaired) electrons. The second-order valence-electron chi connectivity index (χ2n) is 4.01. The molecule has 0 atom stereocenters. The average Bonchev–Trinajstić information content (AvgIpc) is 2.66. The average molecular weight is 217 g/mol. The highest BCUT2D eigenvalue weighted by Crippen LogP contribution is 2.03. The van der Waals surface area contributed by atoms with Crippen molar-refractivity contribution in [1.29, 1.82) is 0 Å². The molecule has 0 bridgehead atoms. The Morgan fingerprint density at radius 2 is 2.25 bits per heavy atom. The maximum Gasteiger partial charge on any atom is 0.245 e. The molecule has 3 nitrogen and oxygen atoms in total. The van der Waals surface area contributed by atoms with Gasteiger partial charge >= 0.3 is 0 Å². The van der Waals surface area contributed by atoms with E-state index in [1.165, 1.54) is 11.1 Å². The molecule has 0 aliphatic rings. The van der Waals surface area contributed by atoms with Crippen LogP contribution in [-0.2, 0) is 18.0 Å². The zero-order valence-electron chi connectivity index (χ0n) is 9.76. The number of aryl methyl sites for hydroxylation is 1. The summed E-state index contributed by atoms with van der Waals surface area (Å²) in [4.78, 5) is 0. The van der Waals surface area contributed by atoms with Gasteiger partial charge in [0.1, 0.15) is 18.9 Å². The van der Waals surface area contributed by atoms with E-state index in [9.17, 15) is 0 Å². The van der Waals surface area contributed by atoms with Crippen LogP contribution in [0.3, 0.4) is 0 Å². The molecule has 0 aliphatic carbocycles. The minimum Gasteiger partial charge on any atom is -0.345 e. The van der Waals surface area contributed by atoms with Gasteiger partial charge in [0.2, 0.25) is 6.33 Å². The second kappa shape index (κ2) is 4.94. The monoisotopic (exact) mass is 217 g/mol. The van der Waals surface area contributed by atoms with Crippen molar-refractivity contribution in [2.45, 2.75) is 20.2 Å². The number of rotatable bonds is 4. The maximum atomic E-state index is 5.06. The minimum atomic E-state index is 0.598. The number of hydrogen-bond acceptors (Lipinski definition) is 1. The Labute approximate surface area is 95.9 Å². The first-order valence-corrected chi connectivity index (χ1v) is 5.37. The van der Waals surface area contributed by atoms with E-state index < -0.39 is 0 Å². The van der Waals surface area contributed by atoms with Gasteiger partial charge in [0.25, 0.3) is 0 Å². The van der Waals surface area contributed by atoms with E-state index in [0.29, 0.717) is 6.73 Å². The SMILES string of the molecule is COCn1cc[n+](Cc2cccc(C)c2)c1. The Morgan fingerprint density at radius 1 is 1.38 bits per heavy atom. The van der Waals surface area contributed by atoms with E-state index in [0.717, 1.165) is 6.54 Å². The van der Waals surface area contributed by atoms with E-state index in [-0.39, 0.29) is 0 Å². The van der Waals surface area contributed by atoms with Crippen LogP contribution in [0.25, 0.3) is 0 Å². The van der Waals surface area contributed by atoms with Gasteiger partial charge in [0.05, 0.1) is 0 Å². The molecular weight excluding hydrogens is 200 g/mol. The lowest BCUT2D eigenvalue weighted by Gasteiger charge is -1.99. The number of methoxy groups -OCH3 is 1. The molecule has 1 aromatic carbocycles. The summed E-state index contributed by atoms with van der Waals surface area (Å²) in [6.07, 6.45) is 6.12. The summed E-state index contributed by atoms with van der Waals surface area (Å²) in [6.45, 7) is 3.61. The van der Waals surface area contributed by atoms with Crippen LogP contribution < -0.4 is 4.57 Å². The third-order valence-electron chi connectivity index (χ3n) is 2.47. The lowest BCUT2D eigenvalue weighted by Crippen LogP contribution is -2.31. The van der Waals surface area contributed by atoms with Crippen LogP contribution >= 0.6 is 0 Å². The summed E-state index contributed by atoms with van der Waals surface area (Å²) in [5, 5.41) is 0. The van der Waals surface area contributed by atoms with E-state index in [1.807, 2.05) is 17.1 Å². The molecule has 16 heavy (non-hydrogen) atoms. The zero-order valence-corrected chi connectivity index (χ0v) is 9.76. The Morgan fingerprint density at radius 3 is 3.00 bits per heavy atom. The van der Waals surface area contributed by atoms with E-state index in [2.05, 4.69) is 42.0 Å². The van der Waals surface area contributed by atoms with Gasteiger partial charge in [-0.1, -0.05) is 29.8 Å². The Hall–Kier alpha value is -1.61. The van der Waals surface area contributed by atoms with Crippen molar-refractivity contribution in [3.05, 3.63) is 54.1 Å². The number of ether oxygens (including phenoxy) is 1. The standard InChI is InChI=1S/C13H17N2O/c1-12-4-3-5-13(8-12)9-14-6-7-15(10-14)11-16-2/h3-8,10H,9,11H2,1-2H3/q+1. The highest BCUT2D eigenvalue weighted by atomic mass is 16.5. The smallest absolute Gasteiger partial charge is 0.245 e. The van der Waals surface area contributed by atoms with Gasteiger partial charge in [-0.25, -0.2) is 9.13 Å². The van der Waals surface area contributed by atoms with Crippen LogP contribution in [0.2, 0.25) is 0 Å². The first-order chi connectivity index (χ1) is 7.78. The van der Waals surface area contributed by atoms with Crippen molar-refractivity contribution in [3.63, 3.8) is 0 Å². The normalized spacial score (nSPS) is 10.6. The molecule has 0 saturated carbocycles. The van der Waals surface area contributed by atoms with E-state index in [1.54, 1.807) is 7.11 Å². The Balaban J connectivity index is 2.08. The third-order valence-corrected chi connectivity index (χ3v) is 2.47. The van der Waals surface area contributed by atoms with Crippen molar-refractivity contribution >= 4 is 0 Å². The van der Waals surface area contributed by atoms with Crippen LogP contribution in [-0.4, -0.2) is 11.7 Å². The van der Waals surface area contributed by atoms with Gasteiger partial charge in [-0.15, -0.1) is 0 Å². The molecule has 0 amide bonds. The van der Waals surface area contributed by atoms with Crippen molar-refractivity contribution in [3.8, 4) is 0 Å². The molecule has 0 fully saturated rings. The molecule has 0 spiro atoms. The fourth-order valence-corrected chi connectivity index (χ4v) is 1.78. The second-order valence-corrected chi connectivity index (χ2v) is 4.01. The predicted molar refractivity (Wildman–Crippen MR) is 61.9 cm³/mol. The molecule has 0 unspecified atom stereocenters. The lowest BCUT2D eigenvalue weighted by atomic mass is 10.1. The minimum absolute atomic E-state index is 0.598. The Bertz CT molecular complexity index is 462. The molecule has 2 rings (SSSR count). The first kappa shape index (κ1) is 10.9. The van der Waals surface area contributed by atoms with Crippen LogP contribution in [0.15, 0.2) is 43.0 Å². The van der Waals surface area contributed by atoms with Crippen LogP contribution in [0, 0.1) is 6.92 Å². The summed E-state index contributed by atoms with van der Waals surface area (Å²) >= 11 is 0. The van der Waals surface area contributed by atoms with Crippen molar-refractivity contribution < 1.29 is 9.30 Å². The van der Waals surface area contributed by atoms with Crippen LogP contribution in [0.1, 0.15) is 11.1 Å². The molecule has 0 N–H and O–H groups in total. The number of nitrogens with zero attached hydrogens (tertiary/aromatic N) is 2. The van der Waals surface area contributed by atoms with Gasteiger partial charge in [-0.05, 0) is 12.5 Å². The molecule has 2 aromatic rings. The van der Waals surface area contributed by atoms with Gasteiger partial charge < -0.3 is 4.74 Å². The summed E-state index contributed by atoms with van der Waals surface area (Å²) in [7, 11) is 1.70. The number of benzene rings is 1. The van der Waals surface area contributed by atoms with Crippen LogP contribution in [0.5, 0.6) is 0 Å². The number of aromatic nitrogens is 2. The quantitative estimate of drug-likeness (QED) is 0.713.